The van der Waals surface area contributed by atoms with Crippen LogP contribution in [0, 0.1) is 11.8 Å². The summed E-state index contributed by atoms with van der Waals surface area (Å²) in [5.74, 6) is 5.72. The number of aliphatic hydroxyl groups is 3. The molecule has 0 saturated heterocycles. The Morgan fingerprint density at radius 3 is 2.12 bits per heavy atom. The highest BCUT2D eigenvalue weighted by Gasteiger charge is 1.98. The van der Waals surface area contributed by atoms with Gasteiger partial charge in [0.05, 0.1) is 19.0 Å². The van der Waals surface area contributed by atoms with Crippen molar-refractivity contribution in [2.24, 2.45) is 0 Å². The van der Waals surface area contributed by atoms with Crippen LogP contribution >= 0.6 is 0 Å². The molecule has 4 nitrogen and oxygen atoms in total. The predicted molar refractivity (Wildman–Crippen MR) is 103 cm³/mol. The van der Waals surface area contributed by atoms with Crippen molar-refractivity contribution in [2.75, 3.05) is 13.2 Å². The first-order valence-electron chi connectivity index (χ1n) is 9.56. The number of rotatable bonds is 15. The van der Waals surface area contributed by atoms with Gasteiger partial charge in [0.25, 0.3) is 0 Å². The number of hydrogen-bond acceptors (Lipinski definition) is 4. The first-order chi connectivity index (χ1) is 12.2. The summed E-state index contributed by atoms with van der Waals surface area (Å²) in [5, 5.41) is 26.8. The van der Waals surface area contributed by atoms with Gasteiger partial charge in [-0.1, -0.05) is 62.9 Å². The summed E-state index contributed by atoms with van der Waals surface area (Å²) in [6.45, 7) is 1.64. The van der Waals surface area contributed by atoms with E-state index in [1.165, 1.54) is 51.2 Å². The fourth-order valence-electron chi connectivity index (χ4n) is 2.30. The van der Waals surface area contributed by atoms with Crippen molar-refractivity contribution in [1.82, 2.24) is 0 Å². The van der Waals surface area contributed by atoms with Crippen LogP contribution in [0.25, 0.3) is 0 Å². The summed E-state index contributed by atoms with van der Waals surface area (Å²) in [6, 6.07) is 0. The predicted octanol–water partition coefficient (Wildman–Crippen LogP) is 3.71. The highest BCUT2D eigenvalue weighted by Crippen LogP contribution is 2.11. The average molecular weight is 353 g/mol. The summed E-state index contributed by atoms with van der Waals surface area (Å²) in [4.78, 5) is 0. The van der Waals surface area contributed by atoms with Gasteiger partial charge in [-0.2, -0.15) is 0 Å². The molecule has 0 aliphatic heterocycles. The van der Waals surface area contributed by atoms with Crippen LogP contribution in [0.1, 0.15) is 71.1 Å². The second-order valence-electron chi connectivity index (χ2n) is 6.42. The molecule has 0 aromatic rings. The van der Waals surface area contributed by atoms with E-state index in [9.17, 15) is 0 Å². The van der Waals surface area contributed by atoms with Gasteiger partial charge in [0.15, 0.2) is 0 Å². The number of unbranched alkanes of at least 4 members (excludes halogenated alkanes) is 8. The van der Waals surface area contributed by atoms with Gasteiger partial charge in [0, 0.05) is 6.08 Å². The Kier molecular flexibility index (Phi) is 18.1. The highest BCUT2D eigenvalue weighted by atomic mass is 16.5. The first-order valence-corrected chi connectivity index (χ1v) is 9.56. The van der Waals surface area contributed by atoms with Gasteiger partial charge in [-0.05, 0) is 32.3 Å². The third-order valence-corrected chi connectivity index (χ3v) is 3.77. The van der Waals surface area contributed by atoms with Crippen molar-refractivity contribution < 1.29 is 20.1 Å². The summed E-state index contributed by atoms with van der Waals surface area (Å²) >= 11 is 0. The fourth-order valence-corrected chi connectivity index (χ4v) is 2.30. The zero-order valence-electron chi connectivity index (χ0n) is 15.7. The molecule has 0 aliphatic rings. The molecule has 4 heteroatoms. The maximum absolute atomic E-state index is 9.17. The molecule has 0 bridgehead atoms. The summed E-state index contributed by atoms with van der Waals surface area (Å²) in [6.07, 6.45) is 18.0. The number of allylic oxidation sites excluding steroid dienone is 3. The monoisotopic (exact) mass is 352 g/mol. The van der Waals surface area contributed by atoms with Crippen LogP contribution in [0.3, 0.4) is 0 Å². The van der Waals surface area contributed by atoms with Gasteiger partial charge in [-0.15, -0.1) is 0 Å². The van der Waals surface area contributed by atoms with E-state index in [0.717, 1.165) is 19.3 Å². The smallest absolute Gasteiger partial charge is 0.115 e. The lowest BCUT2D eigenvalue weighted by molar-refractivity contribution is 0.0385. The Labute approximate surface area is 153 Å². The molecule has 144 valence electrons. The van der Waals surface area contributed by atoms with Gasteiger partial charge in [0.2, 0.25) is 0 Å². The van der Waals surface area contributed by atoms with E-state index in [2.05, 4.69) is 17.9 Å². The van der Waals surface area contributed by atoms with Gasteiger partial charge in [0.1, 0.15) is 12.7 Å². The number of aliphatic hydroxyl groups excluding tert-OH is 3. The molecule has 0 aliphatic carbocycles. The molecule has 0 saturated carbocycles. The number of hydrogen-bond donors (Lipinski definition) is 3. The highest BCUT2D eigenvalue weighted by molar-refractivity contribution is 5.22. The van der Waals surface area contributed by atoms with E-state index >= 15 is 0 Å². The zero-order valence-corrected chi connectivity index (χ0v) is 15.7. The quantitative estimate of drug-likeness (QED) is 0.239. The summed E-state index contributed by atoms with van der Waals surface area (Å²) < 4.78 is 4.98. The number of ether oxygens (including phenoxy) is 1. The zero-order chi connectivity index (χ0) is 18.6. The van der Waals surface area contributed by atoms with Crippen LogP contribution in [0.5, 0.6) is 0 Å². The fraction of sp³-hybridized carbons (Fsp3) is 0.714. The molecule has 0 radical (unpaired) electrons. The Hall–Kier alpha value is -1.28. The molecule has 0 aromatic heterocycles. The van der Waals surface area contributed by atoms with E-state index < -0.39 is 6.10 Å². The molecule has 0 aromatic carbocycles. The van der Waals surface area contributed by atoms with Crippen molar-refractivity contribution >= 4 is 0 Å². The molecule has 3 N–H and O–H groups in total. The minimum absolute atomic E-state index is 0.0758. The van der Waals surface area contributed by atoms with Crippen LogP contribution < -0.4 is 0 Å². The van der Waals surface area contributed by atoms with Crippen LogP contribution in [0.2, 0.25) is 0 Å². The largest absolute Gasteiger partial charge is 0.498 e. The minimum Gasteiger partial charge on any atom is -0.498 e. The summed E-state index contributed by atoms with van der Waals surface area (Å²) in [5.41, 5.74) is 0. The topological polar surface area (TPSA) is 69.9 Å². The third kappa shape index (κ3) is 20.7. The second-order valence-corrected chi connectivity index (χ2v) is 6.42. The first kappa shape index (κ1) is 23.7. The van der Waals surface area contributed by atoms with Crippen molar-refractivity contribution in [2.45, 2.75) is 83.3 Å². The average Bonchev–Trinajstić information content (AvgIpc) is 2.60. The summed E-state index contributed by atoms with van der Waals surface area (Å²) in [7, 11) is 0. The Bertz CT molecular complexity index is 390. The maximum Gasteiger partial charge on any atom is 0.115 e. The van der Waals surface area contributed by atoms with E-state index in [0.29, 0.717) is 0 Å². The molecular weight excluding hydrogens is 316 g/mol. The van der Waals surface area contributed by atoms with Gasteiger partial charge in [-0.3, -0.25) is 0 Å². The molecular formula is C21H36O4. The molecule has 1 unspecified atom stereocenters. The molecule has 0 amide bonds. The van der Waals surface area contributed by atoms with Crippen LogP contribution in [-0.2, 0) is 4.74 Å². The van der Waals surface area contributed by atoms with Crippen molar-refractivity contribution in [3.8, 4) is 11.8 Å². The second kappa shape index (κ2) is 19.1. The van der Waals surface area contributed by atoms with Crippen LogP contribution in [0.4, 0.5) is 0 Å². The lowest BCUT2D eigenvalue weighted by Crippen LogP contribution is -2.17. The van der Waals surface area contributed by atoms with E-state index in [1.807, 2.05) is 13.0 Å². The lowest BCUT2D eigenvalue weighted by atomic mass is 10.1. The van der Waals surface area contributed by atoms with Crippen LogP contribution in [-0.4, -0.2) is 40.7 Å². The van der Waals surface area contributed by atoms with E-state index in [1.54, 1.807) is 6.08 Å². The minimum atomic E-state index is -0.840. The van der Waals surface area contributed by atoms with E-state index in [4.69, 9.17) is 20.1 Å². The van der Waals surface area contributed by atoms with Gasteiger partial charge >= 0.3 is 0 Å². The molecule has 0 fully saturated rings. The van der Waals surface area contributed by atoms with Crippen molar-refractivity contribution in [1.29, 1.82) is 0 Å². The Balaban J connectivity index is 3.33. The molecule has 0 rings (SSSR count). The third-order valence-electron chi connectivity index (χ3n) is 3.77. The van der Waals surface area contributed by atoms with Crippen LogP contribution in [0.15, 0.2) is 24.5 Å². The lowest BCUT2D eigenvalue weighted by Gasteiger charge is -2.04. The standard InChI is InChI=1S/C21H36O4/c1-20(23)16-14-12-10-8-6-4-2-3-5-7-9-11-13-15-17-25-19-21(24)18-22/h7,9,15,17,20-24H,2-6,8,10,12,14,16,18-19H2,1H3/b9-7-,17-15-/t20?,21-/m0/s1. The normalized spacial score (nSPS) is 13.8. The SMILES string of the molecule is CC(O)CCCCCCCCCC/C=C\C#C/C=C\OC[C@@H](O)CO. The van der Waals surface area contributed by atoms with Gasteiger partial charge in [-0.25, -0.2) is 0 Å². The molecule has 0 heterocycles. The molecule has 25 heavy (non-hydrogen) atoms. The Morgan fingerprint density at radius 1 is 0.880 bits per heavy atom. The van der Waals surface area contributed by atoms with Crippen molar-refractivity contribution in [3.05, 3.63) is 24.5 Å². The Morgan fingerprint density at radius 2 is 1.48 bits per heavy atom. The van der Waals surface area contributed by atoms with E-state index in [-0.39, 0.29) is 19.3 Å². The molecule has 2 atom stereocenters. The maximum atomic E-state index is 9.17. The van der Waals surface area contributed by atoms with Gasteiger partial charge < -0.3 is 20.1 Å². The molecule has 0 spiro atoms. The van der Waals surface area contributed by atoms with Crippen molar-refractivity contribution in [3.63, 3.8) is 0 Å².